The second kappa shape index (κ2) is 11.3. The third-order valence-corrected chi connectivity index (χ3v) is 8.71. The average Bonchev–Trinajstić information content (AvgIpc) is 3.33. The summed E-state index contributed by atoms with van der Waals surface area (Å²) < 4.78 is 47.7. The number of nitrogens with zero attached hydrogens (tertiary/aromatic N) is 3. The number of aliphatic hydroxyl groups excluding tert-OH is 3. The van der Waals surface area contributed by atoms with E-state index in [0.717, 1.165) is 28.6 Å². The number of aliphatic hydroxyl groups is 4. The van der Waals surface area contributed by atoms with E-state index < -0.39 is 64.7 Å². The van der Waals surface area contributed by atoms with Crippen molar-refractivity contribution < 1.29 is 38.3 Å². The van der Waals surface area contributed by atoms with Crippen LogP contribution in [-0.4, -0.2) is 71.4 Å². The highest BCUT2D eigenvalue weighted by atomic mass is 35.5. The van der Waals surface area contributed by atoms with Gasteiger partial charge < -0.3 is 25.2 Å². The lowest BCUT2D eigenvalue weighted by Gasteiger charge is -2.44. The van der Waals surface area contributed by atoms with Gasteiger partial charge in [-0.25, -0.2) is 17.9 Å². The van der Waals surface area contributed by atoms with Crippen LogP contribution in [-0.2, 0) is 4.74 Å². The van der Waals surface area contributed by atoms with Crippen LogP contribution in [0.2, 0.25) is 10.0 Å². The Bertz CT molecular complexity index is 1290. The van der Waals surface area contributed by atoms with Crippen LogP contribution < -0.4 is 0 Å². The maximum Gasteiger partial charge on any atom is 0.194 e. The van der Waals surface area contributed by atoms with Crippen LogP contribution in [0.3, 0.4) is 0 Å². The van der Waals surface area contributed by atoms with Crippen molar-refractivity contribution in [3.8, 4) is 11.3 Å². The van der Waals surface area contributed by atoms with E-state index in [1.54, 1.807) is 18.2 Å². The van der Waals surface area contributed by atoms with E-state index in [9.17, 15) is 33.6 Å². The highest BCUT2D eigenvalue weighted by Gasteiger charge is 2.48. The predicted molar refractivity (Wildman–Crippen MR) is 135 cm³/mol. The quantitative estimate of drug-likeness (QED) is 0.304. The highest BCUT2D eigenvalue weighted by molar-refractivity contribution is 8.00. The Hall–Kier alpha value is -1.90. The van der Waals surface area contributed by atoms with Gasteiger partial charge in [0.2, 0.25) is 0 Å². The Labute approximate surface area is 230 Å². The predicted octanol–water partition coefficient (Wildman–Crippen LogP) is 3.89. The van der Waals surface area contributed by atoms with Gasteiger partial charge in [-0.1, -0.05) is 40.5 Å². The molecule has 0 amide bonds. The summed E-state index contributed by atoms with van der Waals surface area (Å²) in [5, 5.41) is 50.4. The second-order valence-corrected chi connectivity index (χ2v) is 11.3. The molecule has 38 heavy (non-hydrogen) atoms. The molecule has 4 N–H and O–H groups in total. The summed E-state index contributed by atoms with van der Waals surface area (Å²) in [7, 11) is 0. The number of halogens is 5. The Morgan fingerprint density at radius 2 is 1.79 bits per heavy atom. The van der Waals surface area contributed by atoms with Crippen molar-refractivity contribution in [2.75, 3.05) is 6.61 Å². The number of hydrogen-bond acceptors (Lipinski definition) is 8. The third-order valence-electron chi connectivity index (χ3n) is 6.12. The molecule has 0 bridgehead atoms. The zero-order chi connectivity index (χ0) is 27.9. The van der Waals surface area contributed by atoms with Crippen molar-refractivity contribution in [3.05, 3.63) is 69.6 Å². The Morgan fingerprint density at radius 1 is 1.13 bits per heavy atom. The maximum absolute atomic E-state index is 13.7. The molecule has 14 heteroatoms. The van der Waals surface area contributed by atoms with Gasteiger partial charge in [-0.2, -0.15) is 0 Å². The molecule has 1 aromatic heterocycles. The maximum atomic E-state index is 13.7. The first-order valence-corrected chi connectivity index (χ1v) is 13.0. The molecule has 0 saturated carbocycles. The normalized spacial score (nSPS) is 25.0. The minimum atomic E-state index is -1.64. The number of ether oxygens (including phenoxy) is 1. The monoisotopic (exact) mass is 593 g/mol. The zero-order valence-corrected chi connectivity index (χ0v) is 22.3. The van der Waals surface area contributed by atoms with E-state index in [0.29, 0.717) is 5.56 Å². The lowest BCUT2D eigenvalue weighted by Crippen LogP contribution is -2.55. The largest absolute Gasteiger partial charge is 0.394 e. The van der Waals surface area contributed by atoms with Gasteiger partial charge in [-0.05, 0) is 37.6 Å². The fourth-order valence-electron chi connectivity index (χ4n) is 4.23. The molecule has 1 fully saturated rings. The first-order valence-electron chi connectivity index (χ1n) is 11.3. The minimum absolute atomic E-state index is 0.0569. The van der Waals surface area contributed by atoms with Gasteiger partial charge in [-0.3, -0.25) is 0 Å². The first-order chi connectivity index (χ1) is 17.8. The molecule has 206 valence electrons. The summed E-state index contributed by atoms with van der Waals surface area (Å²) >= 11 is 13.6. The van der Waals surface area contributed by atoms with Crippen LogP contribution >= 0.6 is 35.0 Å². The number of aromatic nitrogens is 3. The summed E-state index contributed by atoms with van der Waals surface area (Å²) in [5.41, 5.74) is -2.22. The number of rotatable bonds is 7. The van der Waals surface area contributed by atoms with Crippen molar-refractivity contribution >= 4 is 35.0 Å². The zero-order valence-electron chi connectivity index (χ0n) is 20.0. The van der Waals surface area contributed by atoms with E-state index in [4.69, 9.17) is 27.9 Å². The van der Waals surface area contributed by atoms with Gasteiger partial charge in [0.05, 0.1) is 33.7 Å². The lowest BCUT2D eigenvalue weighted by atomic mass is 9.97. The van der Waals surface area contributed by atoms with Crippen molar-refractivity contribution in [1.29, 1.82) is 0 Å². The molecule has 0 aliphatic carbocycles. The van der Waals surface area contributed by atoms with Crippen molar-refractivity contribution in [3.63, 3.8) is 0 Å². The molecule has 2 aromatic carbocycles. The molecule has 1 saturated heterocycles. The van der Waals surface area contributed by atoms with E-state index in [2.05, 4.69) is 10.3 Å². The van der Waals surface area contributed by atoms with E-state index in [-0.39, 0.29) is 21.3 Å². The van der Waals surface area contributed by atoms with Crippen LogP contribution in [0, 0.1) is 17.5 Å². The molecule has 0 radical (unpaired) electrons. The van der Waals surface area contributed by atoms with Gasteiger partial charge in [0.25, 0.3) is 0 Å². The molecule has 3 aromatic rings. The molecular formula is C24H24Cl2F3N3O5S. The Balaban J connectivity index is 1.68. The van der Waals surface area contributed by atoms with E-state index in [1.165, 1.54) is 20.0 Å². The number of hydrogen-bond donors (Lipinski definition) is 4. The van der Waals surface area contributed by atoms with Crippen molar-refractivity contribution in [2.24, 2.45) is 0 Å². The smallest absolute Gasteiger partial charge is 0.194 e. The van der Waals surface area contributed by atoms with Crippen LogP contribution in [0.1, 0.15) is 30.7 Å². The third kappa shape index (κ3) is 5.68. The second-order valence-electron chi connectivity index (χ2n) is 9.35. The first kappa shape index (κ1) is 29.1. The van der Waals surface area contributed by atoms with E-state index >= 15 is 0 Å². The SMILES string of the molecule is CC(C)(O)[C@H](S[C@@H]1O[C@H](CO)[C@H](O)[C@H](n2cc(-c3cc(F)c(F)c(F)c3)nn2)[C@H]1O)c1cccc(Cl)c1Cl. The van der Waals surface area contributed by atoms with Crippen LogP contribution in [0.5, 0.6) is 0 Å². The molecule has 8 nitrogen and oxygen atoms in total. The van der Waals surface area contributed by atoms with Gasteiger partial charge >= 0.3 is 0 Å². The molecular weight excluding hydrogens is 570 g/mol. The van der Waals surface area contributed by atoms with Crippen LogP contribution in [0.25, 0.3) is 11.3 Å². The van der Waals surface area contributed by atoms with Crippen molar-refractivity contribution in [1.82, 2.24) is 15.0 Å². The fourth-order valence-corrected chi connectivity index (χ4v) is 6.18. The number of thioether (sulfide) groups is 1. The summed E-state index contributed by atoms with van der Waals surface area (Å²) in [6.45, 7) is 2.46. The van der Waals surface area contributed by atoms with E-state index in [1.807, 2.05) is 0 Å². The molecule has 0 unspecified atom stereocenters. The van der Waals surface area contributed by atoms with Gasteiger partial charge in [0.1, 0.15) is 35.5 Å². The van der Waals surface area contributed by atoms with Crippen LogP contribution in [0.4, 0.5) is 13.2 Å². The Morgan fingerprint density at radius 3 is 2.39 bits per heavy atom. The van der Waals surface area contributed by atoms with Crippen molar-refractivity contribution in [2.45, 2.75) is 54.5 Å². The summed E-state index contributed by atoms with van der Waals surface area (Å²) in [4.78, 5) is 0. The van der Waals surface area contributed by atoms with Gasteiger partial charge in [0, 0.05) is 5.56 Å². The summed E-state index contributed by atoms with van der Waals surface area (Å²) in [6.07, 6.45) is -2.91. The molecule has 1 aliphatic heterocycles. The molecule has 6 atom stereocenters. The standard InChI is InChI=1S/C24H24Cl2F3N3O5S/c1-24(2,36)22(11-4-3-5-12(25)17(11)26)38-23-21(35)19(20(34)16(9-33)37-23)32-8-15(30-31-32)10-6-13(27)18(29)14(28)7-10/h3-8,16,19-23,33-36H,9H2,1-2H3/t16-,19+,20+,21-,22-,23+/m1/s1. The minimum Gasteiger partial charge on any atom is -0.394 e. The molecule has 1 aliphatic rings. The molecule has 2 heterocycles. The topological polar surface area (TPSA) is 121 Å². The molecule has 0 spiro atoms. The Kier molecular flexibility index (Phi) is 8.65. The fraction of sp³-hybridized carbons (Fsp3) is 0.417. The highest BCUT2D eigenvalue weighted by Crippen LogP contribution is 2.48. The number of benzene rings is 2. The lowest BCUT2D eigenvalue weighted by molar-refractivity contribution is -0.178. The van der Waals surface area contributed by atoms with Gasteiger partial charge in [-0.15, -0.1) is 16.9 Å². The van der Waals surface area contributed by atoms with Gasteiger partial charge in [0.15, 0.2) is 17.5 Å². The summed E-state index contributed by atoms with van der Waals surface area (Å²) in [6, 6.07) is 5.15. The molecule has 4 rings (SSSR count). The van der Waals surface area contributed by atoms with Crippen LogP contribution in [0.15, 0.2) is 36.5 Å². The summed E-state index contributed by atoms with van der Waals surface area (Å²) in [5.74, 6) is -4.48. The average molecular weight is 594 g/mol.